The number of aromatic hydroxyl groups is 3. The molecule has 0 bridgehead atoms. The Balaban J connectivity index is 3.06. The fourth-order valence-electron chi connectivity index (χ4n) is 1.96. The summed E-state index contributed by atoms with van der Waals surface area (Å²) in [7, 11) is 0. The number of unbranched alkanes of at least 4 members (excludes halogenated alkanes) is 2. The van der Waals surface area contributed by atoms with Crippen molar-refractivity contribution in [3.05, 3.63) is 17.2 Å². The van der Waals surface area contributed by atoms with Gasteiger partial charge in [-0.15, -0.1) is 0 Å². The lowest BCUT2D eigenvalue weighted by atomic mass is 9.96. The van der Waals surface area contributed by atoms with Gasteiger partial charge < -0.3 is 15.3 Å². The van der Waals surface area contributed by atoms with Crippen LogP contribution in [0.2, 0.25) is 0 Å². The first kappa shape index (κ1) is 13.7. The number of rotatable bonds is 6. The molecule has 0 atom stereocenters. The molecule has 1 rings (SSSR count). The molecule has 0 aromatic heterocycles. The predicted molar refractivity (Wildman–Crippen MR) is 68.7 cm³/mol. The summed E-state index contributed by atoms with van der Waals surface area (Å²) in [6.07, 6.45) is 5.66. The minimum Gasteiger partial charge on any atom is -0.504 e. The van der Waals surface area contributed by atoms with Crippen LogP contribution in [-0.4, -0.2) is 15.3 Å². The lowest BCUT2D eigenvalue weighted by Gasteiger charge is -2.13. The van der Waals surface area contributed by atoms with Crippen LogP contribution in [0.4, 0.5) is 0 Å². The molecule has 0 fully saturated rings. The van der Waals surface area contributed by atoms with Gasteiger partial charge in [0.15, 0.2) is 11.5 Å². The van der Waals surface area contributed by atoms with E-state index in [1.807, 2.05) is 0 Å². The fraction of sp³-hybridized carbons (Fsp3) is 0.571. The molecule has 3 nitrogen and oxygen atoms in total. The zero-order valence-corrected chi connectivity index (χ0v) is 10.7. The first-order valence-electron chi connectivity index (χ1n) is 6.37. The summed E-state index contributed by atoms with van der Waals surface area (Å²) >= 11 is 0. The van der Waals surface area contributed by atoms with Crippen LogP contribution in [0.3, 0.4) is 0 Å². The molecule has 0 aliphatic rings. The Morgan fingerprint density at radius 3 is 2.06 bits per heavy atom. The molecule has 0 aliphatic carbocycles. The Morgan fingerprint density at radius 1 is 0.882 bits per heavy atom. The van der Waals surface area contributed by atoms with Crippen LogP contribution in [0, 0.1) is 0 Å². The Bertz CT molecular complexity index is 372. The number of hydrogen-bond donors (Lipinski definition) is 3. The zero-order chi connectivity index (χ0) is 12.8. The van der Waals surface area contributed by atoms with Gasteiger partial charge in [0.2, 0.25) is 5.75 Å². The third kappa shape index (κ3) is 3.29. The van der Waals surface area contributed by atoms with Crippen LogP contribution < -0.4 is 0 Å². The van der Waals surface area contributed by atoms with Crippen molar-refractivity contribution in [1.29, 1.82) is 0 Å². The molecule has 3 heteroatoms. The van der Waals surface area contributed by atoms with E-state index in [1.165, 1.54) is 0 Å². The SMILES string of the molecule is CCCCc1cc(O)c(O)c(O)c1CCCC. The zero-order valence-electron chi connectivity index (χ0n) is 10.7. The topological polar surface area (TPSA) is 60.7 Å². The summed E-state index contributed by atoms with van der Waals surface area (Å²) < 4.78 is 0. The van der Waals surface area contributed by atoms with Crippen molar-refractivity contribution >= 4 is 0 Å². The van der Waals surface area contributed by atoms with Gasteiger partial charge >= 0.3 is 0 Å². The van der Waals surface area contributed by atoms with Crippen LogP contribution in [0.25, 0.3) is 0 Å². The first-order valence-corrected chi connectivity index (χ1v) is 6.37. The smallest absolute Gasteiger partial charge is 0.200 e. The summed E-state index contributed by atoms with van der Waals surface area (Å²) in [4.78, 5) is 0. The van der Waals surface area contributed by atoms with E-state index in [4.69, 9.17) is 0 Å². The highest BCUT2D eigenvalue weighted by molar-refractivity contribution is 5.57. The first-order chi connectivity index (χ1) is 8.11. The van der Waals surface area contributed by atoms with E-state index in [0.717, 1.165) is 49.7 Å². The molecule has 0 aliphatic heterocycles. The van der Waals surface area contributed by atoms with Crippen molar-refractivity contribution in [3.8, 4) is 17.2 Å². The molecule has 17 heavy (non-hydrogen) atoms. The second-order valence-corrected chi connectivity index (χ2v) is 4.44. The predicted octanol–water partition coefficient (Wildman–Crippen LogP) is 3.49. The Morgan fingerprint density at radius 2 is 1.47 bits per heavy atom. The molecule has 0 unspecified atom stereocenters. The third-order valence-corrected chi connectivity index (χ3v) is 3.03. The van der Waals surface area contributed by atoms with Crippen molar-refractivity contribution in [1.82, 2.24) is 0 Å². The number of phenolic OH excluding ortho intramolecular Hbond substituents is 3. The Hall–Kier alpha value is -1.38. The number of phenols is 3. The third-order valence-electron chi connectivity index (χ3n) is 3.03. The van der Waals surface area contributed by atoms with E-state index in [0.29, 0.717) is 0 Å². The van der Waals surface area contributed by atoms with Gasteiger partial charge in [-0.25, -0.2) is 0 Å². The lowest BCUT2D eigenvalue weighted by Crippen LogP contribution is -1.96. The van der Waals surface area contributed by atoms with Gasteiger partial charge in [-0.1, -0.05) is 26.7 Å². The van der Waals surface area contributed by atoms with Crippen LogP contribution in [0.1, 0.15) is 50.7 Å². The van der Waals surface area contributed by atoms with E-state index in [9.17, 15) is 15.3 Å². The van der Waals surface area contributed by atoms with Gasteiger partial charge in [0, 0.05) is 5.56 Å². The van der Waals surface area contributed by atoms with Crippen LogP contribution >= 0.6 is 0 Å². The minimum absolute atomic E-state index is 0.149. The standard InChI is InChI=1S/C14H22O3/c1-3-5-7-10-9-12(15)14(17)13(16)11(10)8-6-4-2/h9,15-17H,3-8H2,1-2H3. The quantitative estimate of drug-likeness (QED) is 0.665. The maximum Gasteiger partial charge on any atom is 0.200 e. The molecule has 0 spiro atoms. The van der Waals surface area contributed by atoms with Crippen molar-refractivity contribution in [2.45, 2.75) is 52.4 Å². The lowest BCUT2D eigenvalue weighted by molar-refractivity contribution is 0.363. The van der Waals surface area contributed by atoms with E-state index in [-0.39, 0.29) is 11.5 Å². The van der Waals surface area contributed by atoms with Crippen LogP contribution in [0.15, 0.2) is 6.07 Å². The van der Waals surface area contributed by atoms with Gasteiger partial charge in [0.05, 0.1) is 0 Å². The number of benzene rings is 1. The molecular formula is C14H22O3. The molecule has 0 radical (unpaired) electrons. The highest BCUT2D eigenvalue weighted by Crippen LogP contribution is 2.40. The minimum atomic E-state index is -0.392. The Labute approximate surface area is 103 Å². The monoisotopic (exact) mass is 238 g/mol. The van der Waals surface area contributed by atoms with Crippen LogP contribution in [0.5, 0.6) is 17.2 Å². The summed E-state index contributed by atoms with van der Waals surface area (Å²) in [6, 6.07) is 1.58. The second kappa shape index (κ2) is 6.38. The highest BCUT2D eigenvalue weighted by atomic mass is 16.3. The van der Waals surface area contributed by atoms with Crippen LogP contribution in [-0.2, 0) is 12.8 Å². The van der Waals surface area contributed by atoms with E-state index in [2.05, 4.69) is 13.8 Å². The summed E-state index contributed by atoms with van der Waals surface area (Å²) in [5.41, 5.74) is 1.74. The van der Waals surface area contributed by atoms with Crippen molar-refractivity contribution in [2.24, 2.45) is 0 Å². The summed E-state index contributed by atoms with van der Waals surface area (Å²) in [5, 5.41) is 28.9. The highest BCUT2D eigenvalue weighted by Gasteiger charge is 2.15. The molecule has 0 saturated heterocycles. The maximum atomic E-state index is 9.88. The molecule has 0 heterocycles. The largest absolute Gasteiger partial charge is 0.504 e. The fourth-order valence-corrected chi connectivity index (χ4v) is 1.96. The van der Waals surface area contributed by atoms with Gasteiger partial charge in [-0.05, 0) is 37.3 Å². The normalized spacial score (nSPS) is 10.7. The summed E-state index contributed by atoms with van der Waals surface area (Å²) in [6.45, 7) is 4.19. The summed E-state index contributed by atoms with van der Waals surface area (Å²) in [5.74, 6) is -0.769. The molecule has 1 aromatic rings. The molecule has 0 saturated carbocycles. The maximum absolute atomic E-state index is 9.88. The van der Waals surface area contributed by atoms with Gasteiger partial charge in [-0.3, -0.25) is 0 Å². The molecule has 3 N–H and O–H groups in total. The second-order valence-electron chi connectivity index (χ2n) is 4.44. The van der Waals surface area contributed by atoms with Gasteiger partial charge in [0.1, 0.15) is 0 Å². The molecule has 1 aromatic carbocycles. The average molecular weight is 238 g/mol. The van der Waals surface area contributed by atoms with Crippen molar-refractivity contribution in [2.75, 3.05) is 0 Å². The average Bonchev–Trinajstić information content (AvgIpc) is 2.32. The Kier molecular flexibility index (Phi) is 5.13. The van der Waals surface area contributed by atoms with Gasteiger partial charge in [0.25, 0.3) is 0 Å². The van der Waals surface area contributed by atoms with Gasteiger partial charge in [-0.2, -0.15) is 0 Å². The molecule has 96 valence electrons. The molecule has 0 amide bonds. The van der Waals surface area contributed by atoms with E-state index in [1.54, 1.807) is 6.07 Å². The number of hydrogen-bond acceptors (Lipinski definition) is 3. The number of aryl methyl sites for hydroxylation is 1. The van der Waals surface area contributed by atoms with E-state index < -0.39 is 5.75 Å². The van der Waals surface area contributed by atoms with Crippen molar-refractivity contribution < 1.29 is 15.3 Å². The van der Waals surface area contributed by atoms with E-state index >= 15 is 0 Å². The van der Waals surface area contributed by atoms with Crippen molar-refractivity contribution in [3.63, 3.8) is 0 Å². The molecular weight excluding hydrogens is 216 g/mol.